The molecule has 0 saturated carbocycles. The van der Waals surface area contributed by atoms with Crippen LogP contribution in [0.3, 0.4) is 0 Å². The van der Waals surface area contributed by atoms with Gasteiger partial charge in [-0.25, -0.2) is 0 Å². The molecule has 0 spiro atoms. The van der Waals surface area contributed by atoms with Crippen LogP contribution in [0.15, 0.2) is 109 Å². The highest BCUT2D eigenvalue weighted by Crippen LogP contribution is 2.38. The van der Waals surface area contributed by atoms with Crippen LogP contribution in [0.2, 0.25) is 0 Å². The van der Waals surface area contributed by atoms with Gasteiger partial charge in [-0.3, -0.25) is 0 Å². The minimum Gasteiger partial charge on any atom is -0.497 e. The molecule has 0 radical (unpaired) electrons. The van der Waals surface area contributed by atoms with Crippen LogP contribution in [0.1, 0.15) is 25.5 Å². The third-order valence-electron chi connectivity index (χ3n) is 6.45. The quantitative estimate of drug-likeness (QED) is 0.233. The van der Waals surface area contributed by atoms with Crippen molar-refractivity contribution in [2.45, 2.75) is 26.2 Å². The molecule has 2 heteroatoms. The first-order valence-electron chi connectivity index (χ1n) is 12.1. The maximum Gasteiger partial charge on any atom is 0.227 e. The smallest absolute Gasteiger partial charge is 0.227 e. The minimum atomic E-state index is 0.866. The van der Waals surface area contributed by atoms with Gasteiger partial charge in [0.05, 0.1) is 18.1 Å². The zero-order chi connectivity index (χ0) is 23.3. The van der Waals surface area contributed by atoms with E-state index >= 15 is 0 Å². The molecule has 4 aromatic carbocycles. The highest BCUT2D eigenvalue weighted by molar-refractivity contribution is 6.02. The molecule has 0 amide bonds. The first-order chi connectivity index (χ1) is 16.8. The molecule has 0 bridgehead atoms. The number of unbranched alkanes of at least 4 members (excludes halogenated alkanes) is 1. The van der Waals surface area contributed by atoms with Gasteiger partial charge in [-0.15, -0.1) is 0 Å². The van der Waals surface area contributed by atoms with Crippen LogP contribution >= 0.6 is 0 Å². The van der Waals surface area contributed by atoms with Gasteiger partial charge in [0.1, 0.15) is 5.75 Å². The third kappa shape index (κ3) is 4.08. The Bertz CT molecular complexity index is 1390. The van der Waals surface area contributed by atoms with Crippen LogP contribution in [-0.2, 0) is 6.42 Å². The summed E-state index contributed by atoms with van der Waals surface area (Å²) in [6.45, 7) is 2.26. The SMILES string of the molecule is CCCCc1c2ccccc2c(-c2ccccc2)c(-c2ccccc2)[n+]1-c1ccc(OC)cc1. The molecule has 0 aliphatic rings. The second kappa shape index (κ2) is 9.93. The Balaban J connectivity index is 1.97. The van der Waals surface area contributed by atoms with E-state index in [1.54, 1.807) is 7.11 Å². The second-order valence-electron chi connectivity index (χ2n) is 8.58. The van der Waals surface area contributed by atoms with Gasteiger partial charge in [0.15, 0.2) is 5.69 Å². The summed E-state index contributed by atoms with van der Waals surface area (Å²) in [6, 6.07) is 38.9. The fourth-order valence-corrected chi connectivity index (χ4v) is 4.82. The third-order valence-corrected chi connectivity index (χ3v) is 6.45. The summed E-state index contributed by atoms with van der Waals surface area (Å²) in [7, 11) is 1.72. The van der Waals surface area contributed by atoms with Crippen molar-refractivity contribution >= 4 is 10.8 Å². The van der Waals surface area contributed by atoms with E-state index in [1.807, 2.05) is 0 Å². The monoisotopic (exact) mass is 444 g/mol. The van der Waals surface area contributed by atoms with Gasteiger partial charge in [0.2, 0.25) is 11.4 Å². The lowest BCUT2D eigenvalue weighted by atomic mass is 9.91. The number of methoxy groups -OCH3 is 1. The average molecular weight is 445 g/mol. The molecule has 5 aromatic rings. The first-order valence-corrected chi connectivity index (χ1v) is 12.1. The van der Waals surface area contributed by atoms with Crippen LogP contribution < -0.4 is 9.30 Å². The molecular formula is C32H30NO+. The van der Waals surface area contributed by atoms with Gasteiger partial charge in [0, 0.05) is 29.5 Å². The standard InChI is InChI=1S/C32H30NO/c1-3-4-19-30-28-17-11-12-18-29(28)31(24-13-7-5-8-14-24)32(25-15-9-6-10-16-25)33(30)26-20-22-27(34-2)23-21-26/h5-18,20-23H,3-4,19H2,1-2H3/q+1. The summed E-state index contributed by atoms with van der Waals surface area (Å²) in [4.78, 5) is 0. The van der Waals surface area contributed by atoms with E-state index in [2.05, 4.69) is 121 Å². The van der Waals surface area contributed by atoms with Crippen molar-refractivity contribution in [1.29, 1.82) is 0 Å². The summed E-state index contributed by atoms with van der Waals surface area (Å²) < 4.78 is 7.95. The van der Waals surface area contributed by atoms with Crippen molar-refractivity contribution in [2.75, 3.05) is 7.11 Å². The van der Waals surface area contributed by atoms with Gasteiger partial charge in [0.25, 0.3) is 0 Å². The van der Waals surface area contributed by atoms with Gasteiger partial charge < -0.3 is 4.74 Å². The van der Waals surface area contributed by atoms with E-state index in [-0.39, 0.29) is 0 Å². The number of aromatic nitrogens is 1. The maximum atomic E-state index is 5.47. The van der Waals surface area contributed by atoms with Gasteiger partial charge >= 0.3 is 0 Å². The predicted molar refractivity (Wildman–Crippen MR) is 142 cm³/mol. The Morgan fingerprint density at radius 1 is 0.647 bits per heavy atom. The van der Waals surface area contributed by atoms with E-state index in [0.29, 0.717) is 0 Å². The van der Waals surface area contributed by atoms with Crippen LogP contribution in [0.25, 0.3) is 38.8 Å². The molecule has 34 heavy (non-hydrogen) atoms. The van der Waals surface area contributed by atoms with Crippen LogP contribution in [0.4, 0.5) is 0 Å². The number of ether oxygens (including phenoxy) is 1. The van der Waals surface area contributed by atoms with Gasteiger partial charge in [-0.2, -0.15) is 4.57 Å². The Morgan fingerprint density at radius 3 is 1.85 bits per heavy atom. The van der Waals surface area contributed by atoms with Crippen molar-refractivity contribution < 1.29 is 9.30 Å². The zero-order valence-electron chi connectivity index (χ0n) is 19.9. The lowest BCUT2D eigenvalue weighted by Gasteiger charge is -2.17. The summed E-state index contributed by atoms with van der Waals surface area (Å²) in [5, 5.41) is 2.61. The fraction of sp³-hybridized carbons (Fsp3) is 0.156. The Morgan fingerprint density at radius 2 is 1.24 bits per heavy atom. The molecule has 1 aromatic heterocycles. The number of pyridine rings is 1. The average Bonchev–Trinajstić information content (AvgIpc) is 2.92. The molecular weight excluding hydrogens is 414 g/mol. The predicted octanol–water partition coefficient (Wildman–Crippen LogP) is 7.80. The van der Waals surface area contributed by atoms with E-state index in [0.717, 1.165) is 30.7 Å². The molecule has 168 valence electrons. The van der Waals surface area contributed by atoms with Crippen molar-refractivity contribution in [1.82, 2.24) is 0 Å². The highest BCUT2D eigenvalue weighted by Gasteiger charge is 2.29. The molecule has 0 aliphatic heterocycles. The van der Waals surface area contributed by atoms with E-state index in [4.69, 9.17) is 4.74 Å². The van der Waals surface area contributed by atoms with Crippen molar-refractivity contribution in [3.63, 3.8) is 0 Å². The minimum absolute atomic E-state index is 0.866. The molecule has 0 N–H and O–H groups in total. The van der Waals surface area contributed by atoms with Gasteiger partial charge in [-0.05, 0) is 42.3 Å². The van der Waals surface area contributed by atoms with E-state index in [1.165, 1.54) is 38.9 Å². The van der Waals surface area contributed by atoms with Crippen LogP contribution in [0, 0.1) is 0 Å². The van der Waals surface area contributed by atoms with Crippen molar-refractivity contribution in [3.05, 3.63) is 115 Å². The Kier molecular flexibility index (Phi) is 6.40. The van der Waals surface area contributed by atoms with E-state index < -0.39 is 0 Å². The number of hydrogen-bond donors (Lipinski definition) is 0. The number of nitrogens with zero attached hydrogens (tertiary/aromatic N) is 1. The Labute approximate surface area is 202 Å². The molecule has 1 heterocycles. The first kappa shape index (κ1) is 21.9. The van der Waals surface area contributed by atoms with E-state index in [9.17, 15) is 0 Å². The fourth-order valence-electron chi connectivity index (χ4n) is 4.82. The highest BCUT2D eigenvalue weighted by atomic mass is 16.5. The summed E-state index contributed by atoms with van der Waals surface area (Å²) in [5.74, 6) is 0.866. The second-order valence-corrected chi connectivity index (χ2v) is 8.58. The van der Waals surface area contributed by atoms with Crippen LogP contribution in [0.5, 0.6) is 5.75 Å². The normalized spacial score (nSPS) is 11.0. The molecule has 2 nitrogen and oxygen atoms in total. The van der Waals surface area contributed by atoms with Crippen molar-refractivity contribution in [2.24, 2.45) is 0 Å². The lowest BCUT2D eigenvalue weighted by Crippen LogP contribution is -2.39. The molecule has 0 fully saturated rings. The molecule has 0 unspecified atom stereocenters. The number of rotatable bonds is 7. The van der Waals surface area contributed by atoms with Crippen LogP contribution in [-0.4, -0.2) is 7.11 Å². The summed E-state index contributed by atoms with van der Waals surface area (Å²) in [6.07, 6.45) is 3.30. The topological polar surface area (TPSA) is 13.1 Å². The van der Waals surface area contributed by atoms with Gasteiger partial charge in [-0.1, -0.05) is 80.1 Å². The zero-order valence-corrected chi connectivity index (χ0v) is 19.9. The maximum absolute atomic E-state index is 5.47. The van der Waals surface area contributed by atoms with Crippen molar-refractivity contribution in [3.8, 4) is 33.8 Å². The molecule has 0 atom stereocenters. The summed E-state index contributed by atoms with van der Waals surface area (Å²) in [5.41, 5.74) is 7.41. The molecule has 0 saturated heterocycles. The number of hydrogen-bond acceptors (Lipinski definition) is 1. The largest absolute Gasteiger partial charge is 0.497 e. The number of aryl methyl sites for hydroxylation is 1. The number of benzene rings is 4. The molecule has 5 rings (SSSR count). The Hall–Kier alpha value is -3.91. The summed E-state index contributed by atoms with van der Waals surface area (Å²) >= 11 is 0. The lowest BCUT2D eigenvalue weighted by molar-refractivity contribution is -0.590. The molecule has 0 aliphatic carbocycles. The number of fused-ring (bicyclic) bond motifs is 1.